The molecule has 0 atom stereocenters. The maximum Gasteiger partial charge on any atom is 0.0883 e. The molecule has 0 N–H and O–H groups in total. The molecular formula is C10H14SSi. The summed E-state index contributed by atoms with van der Waals surface area (Å²) in [6.45, 7) is 10.7. The molecule has 0 aliphatic carbocycles. The molecule has 0 spiro atoms. The first-order valence-corrected chi connectivity index (χ1v) is 8.43. The third-order valence-electron chi connectivity index (χ3n) is 1.74. The average molecular weight is 194 g/mol. The Morgan fingerprint density at radius 1 is 1.50 bits per heavy atom. The molecule has 0 saturated heterocycles. The third-order valence-corrected chi connectivity index (χ3v) is 4.39. The predicted molar refractivity (Wildman–Crippen MR) is 60.2 cm³/mol. The Labute approximate surface area is 79.3 Å². The Kier molecular flexibility index (Phi) is 2.73. The van der Waals surface area contributed by atoms with Gasteiger partial charge in [-0.2, -0.15) is 11.3 Å². The van der Waals surface area contributed by atoms with E-state index in [4.69, 9.17) is 0 Å². The van der Waals surface area contributed by atoms with Gasteiger partial charge in [0.15, 0.2) is 0 Å². The molecule has 0 aliphatic rings. The van der Waals surface area contributed by atoms with Crippen LogP contribution in [0.2, 0.25) is 19.6 Å². The summed E-state index contributed by atoms with van der Waals surface area (Å²) in [7, 11) is -1.24. The van der Waals surface area contributed by atoms with E-state index in [-0.39, 0.29) is 0 Å². The second-order valence-electron chi connectivity index (χ2n) is 3.81. The lowest BCUT2D eigenvalue weighted by Gasteiger charge is -2.17. The first-order valence-electron chi connectivity index (χ1n) is 3.99. The van der Waals surface area contributed by atoms with E-state index in [9.17, 15) is 0 Å². The number of hydrogen-bond donors (Lipinski definition) is 0. The van der Waals surface area contributed by atoms with Crippen molar-refractivity contribution in [3.8, 4) is 0 Å². The maximum absolute atomic E-state index is 3.76. The zero-order valence-corrected chi connectivity index (χ0v) is 9.66. The van der Waals surface area contributed by atoms with Crippen molar-refractivity contribution in [1.29, 1.82) is 0 Å². The summed E-state index contributed by atoms with van der Waals surface area (Å²) in [5.74, 6) is 0. The van der Waals surface area contributed by atoms with Crippen molar-refractivity contribution in [3.05, 3.63) is 34.7 Å². The molecule has 0 saturated carbocycles. The summed E-state index contributed by atoms with van der Waals surface area (Å²) in [6.07, 6.45) is 0. The number of rotatable bonds is 2. The van der Waals surface area contributed by atoms with Crippen molar-refractivity contribution < 1.29 is 0 Å². The Bertz CT molecular complexity index is 297. The first-order chi connectivity index (χ1) is 5.55. The Balaban J connectivity index is 3.10. The van der Waals surface area contributed by atoms with Crippen molar-refractivity contribution in [2.75, 3.05) is 0 Å². The molecule has 1 aromatic rings. The van der Waals surface area contributed by atoms with Gasteiger partial charge in [-0.3, -0.25) is 0 Å². The smallest absolute Gasteiger partial charge is 0.0883 e. The van der Waals surface area contributed by atoms with Crippen molar-refractivity contribution in [3.63, 3.8) is 0 Å². The fourth-order valence-corrected chi connectivity index (χ4v) is 3.51. The van der Waals surface area contributed by atoms with Crippen molar-refractivity contribution in [1.82, 2.24) is 0 Å². The minimum Gasteiger partial charge on any atom is -0.152 e. The zero-order chi connectivity index (χ0) is 9.19. The van der Waals surface area contributed by atoms with Crippen LogP contribution >= 0.6 is 11.3 Å². The Hall–Kier alpha value is -0.563. The fraction of sp³-hybridized carbons (Fsp3) is 0.300. The minimum absolute atomic E-state index is 1.24. The van der Waals surface area contributed by atoms with Crippen LogP contribution in [0.25, 0.3) is 5.20 Å². The molecule has 0 amide bonds. The van der Waals surface area contributed by atoms with Gasteiger partial charge in [0.25, 0.3) is 0 Å². The van der Waals surface area contributed by atoms with E-state index < -0.39 is 8.07 Å². The van der Waals surface area contributed by atoms with Crippen LogP contribution in [0.3, 0.4) is 0 Å². The predicted octanol–water partition coefficient (Wildman–Crippen LogP) is 3.79. The standard InChI is InChI=1S/C10H14SSi/c1-5-10(12(2,3)4)9-6-7-11-8-9/h6-8H,1H2,2-4H3. The van der Waals surface area contributed by atoms with E-state index in [1.165, 1.54) is 10.8 Å². The monoisotopic (exact) mass is 194 g/mol. The van der Waals surface area contributed by atoms with E-state index in [0.717, 1.165) is 0 Å². The largest absolute Gasteiger partial charge is 0.152 e. The third kappa shape index (κ3) is 1.98. The summed E-state index contributed by atoms with van der Waals surface area (Å²) in [6, 6.07) is 2.15. The number of hydrogen-bond acceptors (Lipinski definition) is 1. The molecule has 0 radical (unpaired) electrons. The Morgan fingerprint density at radius 3 is 2.50 bits per heavy atom. The van der Waals surface area contributed by atoms with Gasteiger partial charge < -0.3 is 0 Å². The van der Waals surface area contributed by atoms with Gasteiger partial charge in [0, 0.05) is 0 Å². The molecule has 12 heavy (non-hydrogen) atoms. The van der Waals surface area contributed by atoms with Crippen molar-refractivity contribution in [2.24, 2.45) is 0 Å². The summed E-state index contributed by atoms with van der Waals surface area (Å²) in [5, 5.41) is 5.61. The molecular weight excluding hydrogens is 180 g/mol. The normalized spacial score (nSPS) is 10.9. The van der Waals surface area contributed by atoms with Gasteiger partial charge in [-0.05, 0) is 27.6 Å². The SMILES string of the molecule is C=C=C(c1ccsc1)[Si](C)(C)C. The molecule has 1 aromatic heterocycles. The van der Waals surface area contributed by atoms with Gasteiger partial charge in [0.2, 0.25) is 0 Å². The summed E-state index contributed by atoms with van der Waals surface area (Å²) >= 11 is 1.73. The fourth-order valence-electron chi connectivity index (χ4n) is 1.21. The maximum atomic E-state index is 3.76. The molecule has 0 aliphatic heterocycles. The summed E-state index contributed by atoms with van der Waals surface area (Å²) < 4.78 is 0. The lowest BCUT2D eigenvalue weighted by Crippen LogP contribution is -2.21. The van der Waals surface area contributed by atoms with Gasteiger partial charge in [0.1, 0.15) is 0 Å². The lowest BCUT2D eigenvalue weighted by molar-refractivity contribution is 1.72. The van der Waals surface area contributed by atoms with Gasteiger partial charge in [0.05, 0.1) is 8.07 Å². The molecule has 64 valence electrons. The van der Waals surface area contributed by atoms with Crippen LogP contribution in [-0.4, -0.2) is 8.07 Å². The molecule has 2 heteroatoms. The van der Waals surface area contributed by atoms with Gasteiger partial charge in [-0.1, -0.05) is 26.2 Å². The average Bonchev–Trinajstić information content (AvgIpc) is 2.38. The van der Waals surface area contributed by atoms with Crippen LogP contribution in [0.4, 0.5) is 0 Å². The lowest BCUT2D eigenvalue weighted by atomic mass is 10.3. The van der Waals surface area contributed by atoms with Crippen LogP contribution in [0.15, 0.2) is 29.1 Å². The second kappa shape index (κ2) is 3.44. The van der Waals surface area contributed by atoms with Crippen molar-refractivity contribution in [2.45, 2.75) is 19.6 Å². The Morgan fingerprint density at radius 2 is 2.17 bits per heavy atom. The molecule has 0 aromatic carbocycles. The summed E-state index contributed by atoms with van der Waals surface area (Å²) in [5.41, 5.74) is 4.39. The topological polar surface area (TPSA) is 0 Å². The quantitative estimate of drug-likeness (QED) is 0.496. The highest BCUT2D eigenvalue weighted by Crippen LogP contribution is 2.25. The zero-order valence-electron chi connectivity index (χ0n) is 7.85. The highest BCUT2D eigenvalue weighted by Gasteiger charge is 2.20. The molecule has 1 heterocycles. The van der Waals surface area contributed by atoms with Crippen LogP contribution in [0.5, 0.6) is 0 Å². The van der Waals surface area contributed by atoms with Crippen LogP contribution in [0.1, 0.15) is 5.56 Å². The van der Waals surface area contributed by atoms with E-state index in [2.05, 4.69) is 48.8 Å². The molecule has 0 fully saturated rings. The molecule has 0 bridgehead atoms. The molecule has 0 nitrogen and oxygen atoms in total. The number of thiophene rings is 1. The van der Waals surface area contributed by atoms with E-state index in [1.54, 1.807) is 11.3 Å². The highest BCUT2D eigenvalue weighted by atomic mass is 32.1. The molecule has 1 rings (SSSR count). The second-order valence-corrected chi connectivity index (χ2v) is 9.59. The summed E-state index contributed by atoms with van der Waals surface area (Å²) in [4.78, 5) is 0. The van der Waals surface area contributed by atoms with Crippen molar-refractivity contribution >= 4 is 24.6 Å². The van der Waals surface area contributed by atoms with E-state index in [0.29, 0.717) is 0 Å². The van der Waals surface area contributed by atoms with E-state index >= 15 is 0 Å². The highest BCUT2D eigenvalue weighted by molar-refractivity contribution is 7.08. The van der Waals surface area contributed by atoms with Crippen LogP contribution in [-0.2, 0) is 0 Å². The van der Waals surface area contributed by atoms with Crippen LogP contribution in [0, 0.1) is 0 Å². The molecule has 0 unspecified atom stereocenters. The van der Waals surface area contributed by atoms with Gasteiger partial charge >= 0.3 is 0 Å². The van der Waals surface area contributed by atoms with Crippen LogP contribution < -0.4 is 0 Å². The van der Waals surface area contributed by atoms with Gasteiger partial charge in [-0.15, -0.1) is 5.73 Å². The van der Waals surface area contributed by atoms with Gasteiger partial charge in [-0.25, -0.2) is 0 Å². The first kappa shape index (κ1) is 9.52. The minimum atomic E-state index is -1.24. The van der Waals surface area contributed by atoms with E-state index in [1.807, 2.05) is 0 Å².